The molecule has 0 spiro atoms. The first-order valence-corrected chi connectivity index (χ1v) is 4.15. The summed E-state index contributed by atoms with van der Waals surface area (Å²) < 4.78 is 2.85. The molecular formula is C7H13BrN2. The van der Waals surface area contributed by atoms with Gasteiger partial charge in [-0.3, -0.25) is 4.68 Å². The van der Waals surface area contributed by atoms with Crippen LogP contribution in [0.2, 0.25) is 0 Å². The van der Waals surface area contributed by atoms with Gasteiger partial charge < -0.3 is 0 Å². The summed E-state index contributed by atoms with van der Waals surface area (Å²) in [6, 6.07) is 0. The van der Waals surface area contributed by atoms with Crippen molar-refractivity contribution < 1.29 is 0 Å². The molecule has 0 radical (unpaired) electrons. The first-order valence-electron chi connectivity index (χ1n) is 3.36. The predicted molar refractivity (Wildman–Crippen MR) is 47.0 cm³/mol. The van der Waals surface area contributed by atoms with Crippen LogP contribution in [0.4, 0.5) is 0 Å². The van der Waals surface area contributed by atoms with E-state index in [1.165, 1.54) is 0 Å². The molecule has 0 aliphatic heterocycles. The maximum Gasteiger partial charge on any atom is 0.0735 e. The van der Waals surface area contributed by atoms with Crippen molar-refractivity contribution in [1.82, 2.24) is 9.78 Å². The molecule has 1 heterocycles. The third kappa shape index (κ3) is 2.52. The Morgan fingerprint density at radius 1 is 1.50 bits per heavy atom. The minimum Gasteiger partial charge on any atom is -0.274 e. The Bertz CT molecular complexity index is 174. The highest BCUT2D eigenvalue weighted by molar-refractivity contribution is 9.10. The van der Waals surface area contributed by atoms with Gasteiger partial charge in [-0.05, 0) is 22.9 Å². The second-order valence-corrected chi connectivity index (χ2v) is 2.59. The quantitative estimate of drug-likeness (QED) is 0.636. The van der Waals surface area contributed by atoms with Crippen LogP contribution in [0.3, 0.4) is 0 Å². The number of aromatic nitrogens is 2. The zero-order chi connectivity index (χ0) is 8.15. The lowest BCUT2D eigenvalue weighted by molar-refractivity contribution is 0.756. The minimum absolute atomic E-state index is 1.03. The van der Waals surface area contributed by atoms with E-state index < -0.39 is 0 Å². The molecule has 3 heteroatoms. The number of aryl methyl sites for hydroxylation is 2. The van der Waals surface area contributed by atoms with Gasteiger partial charge in [0.2, 0.25) is 0 Å². The van der Waals surface area contributed by atoms with Crippen LogP contribution in [0, 0.1) is 6.92 Å². The number of hydrogen-bond donors (Lipinski definition) is 0. The summed E-state index contributed by atoms with van der Waals surface area (Å²) in [5, 5.41) is 4.08. The lowest BCUT2D eigenvalue weighted by Crippen LogP contribution is -1.86. The van der Waals surface area contributed by atoms with E-state index in [9.17, 15) is 0 Å². The molecule has 1 aromatic heterocycles. The van der Waals surface area contributed by atoms with Crippen molar-refractivity contribution in [2.75, 3.05) is 0 Å². The molecule has 0 fully saturated rings. The van der Waals surface area contributed by atoms with E-state index in [0.29, 0.717) is 0 Å². The van der Waals surface area contributed by atoms with E-state index in [1.807, 2.05) is 34.0 Å². The number of halogens is 1. The largest absolute Gasteiger partial charge is 0.274 e. The van der Waals surface area contributed by atoms with Gasteiger partial charge in [-0.2, -0.15) is 5.10 Å². The van der Waals surface area contributed by atoms with Crippen LogP contribution in [0.5, 0.6) is 0 Å². The third-order valence-electron chi connectivity index (χ3n) is 0.954. The average Bonchev–Trinajstić information content (AvgIpc) is 2.16. The average molecular weight is 205 g/mol. The SMILES string of the molecule is CC.Cc1nn(C)cc1Br. The van der Waals surface area contributed by atoms with Crippen LogP contribution in [0.25, 0.3) is 0 Å². The molecule has 0 aliphatic carbocycles. The van der Waals surface area contributed by atoms with Crippen LogP contribution in [-0.2, 0) is 7.05 Å². The first kappa shape index (κ1) is 9.69. The van der Waals surface area contributed by atoms with Gasteiger partial charge >= 0.3 is 0 Å². The fourth-order valence-electron chi connectivity index (χ4n) is 0.571. The molecule has 10 heavy (non-hydrogen) atoms. The zero-order valence-electron chi connectivity index (χ0n) is 6.85. The molecule has 1 aromatic rings. The van der Waals surface area contributed by atoms with Gasteiger partial charge in [0.15, 0.2) is 0 Å². The van der Waals surface area contributed by atoms with E-state index >= 15 is 0 Å². The van der Waals surface area contributed by atoms with Crippen molar-refractivity contribution >= 4 is 15.9 Å². The van der Waals surface area contributed by atoms with Gasteiger partial charge in [-0.15, -0.1) is 0 Å². The monoisotopic (exact) mass is 204 g/mol. The number of rotatable bonds is 0. The fourth-order valence-corrected chi connectivity index (χ4v) is 0.946. The molecule has 0 N–H and O–H groups in total. The zero-order valence-corrected chi connectivity index (χ0v) is 8.44. The van der Waals surface area contributed by atoms with Crippen LogP contribution in [-0.4, -0.2) is 9.78 Å². The molecule has 0 atom stereocenters. The predicted octanol–water partition coefficient (Wildman–Crippen LogP) is 2.52. The molecule has 58 valence electrons. The molecule has 0 saturated heterocycles. The normalized spacial score (nSPS) is 8.50. The number of hydrogen-bond acceptors (Lipinski definition) is 1. The highest BCUT2D eigenvalue weighted by Gasteiger charge is 1.94. The lowest BCUT2D eigenvalue weighted by atomic mass is 10.5. The summed E-state index contributed by atoms with van der Waals surface area (Å²) in [7, 11) is 1.90. The second-order valence-electron chi connectivity index (χ2n) is 1.74. The van der Waals surface area contributed by atoms with E-state index in [1.54, 1.807) is 4.68 Å². The van der Waals surface area contributed by atoms with E-state index in [4.69, 9.17) is 0 Å². The molecular weight excluding hydrogens is 192 g/mol. The van der Waals surface area contributed by atoms with Crippen molar-refractivity contribution in [2.45, 2.75) is 20.8 Å². The Labute approximate surface area is 70.4 Å². The molecule has 0 unspecified atom stereocenters. The van der Waals surface area contributed by atoms with E-state index in [-0.39, 0.29) is 0 Å². The fraction of sp³-hybridized carbons (Fsp3) is 0.571. The van der Waals surface area contributed by atoms with Crippen molar-refractivity contribution in [2.24, 2.45) is 7.05 Å². The van der Waals surface area contributed by atoms with Gasteiger partial charge in [-0.1, -0.05) is 13.8 Å². The topological polar surface area (TPSA) is 17.8 Å². The Morgan fingerprint density at radius 2 is 2.00 bits per heavy atom. The lowest BCUT2D eigenvalue weighted by Gasteiger charge is -1.79. The van der Waals surface area contributed by atoms with Crippen LogP contribution >= 0.6 is 15.9 Å². The van der Waals surface area contributed by atoms with Gasteiger partial charge in [0, 0.05) is 13.2 Å². The molecule has 0 aromatic carbocycles. The summed E-state index contributed by atoms with van der Waals surface area (Å²) in [5.74, 6) is 0. The van der Waals surface area contributed by atoms with Crippen LogP contribution in [0.15, 0.2) is 10.7 Å². The van der Waals surface area contributed by atoms with Crippen molar-refractivity contribution in [3.05, 3.63) is 16.4 Å². The smallest absolute Gasteiger partial charge is 0.0735 e. The second kappa shape index (κ2) is 4.50. The molecule has 2 nitrogen and oxygen atoms in total. The van der Waals surface area contributed by atoms with Crippen LogP contribution < -0.4 is 0 Å². The van der Waals surface area contributed by atoms with E-state index in [2.05, 4.69) is 21.0 Å². The van der Waals surface area contributed by atoms with Gasteiger partial charge in [0.05, 0.1) is 10.2 Å². The third-order valence-corrected chi connectivity index (χ3v) is 1.73. The first-order chi connectivity index (χ1) is 4.70. The molecule has 1 rings (SSSR count). The van der Waals surface area contributed by atoms with Crippen molar-refractivity contribution in [3.63, 3.8) is 0 Å². The minimum atomic E-state index is 1.03. The summed E-state index contributed by atoms with van der Waals surface area (Å²) >= 11 is 3.33. The Kier molecular flexibility index (Phi) is 4.36. The summed E-state index contributed by atoms with van der Waals surface area (Å²) in [5.41, 5.74) is 1.03. The molecule has 0 amide bonds. The van der Waals surface area contributed by atoms with Gasteiger partial charge in [0.1, 0.15) is 0 Å². The summed E-state index contributed by atoms with van der Waals surface area (Å²) in [4.78, 5) is 0. The van der Waals surface area contributed by atoms with Crippen molar-refractivity contribution in [3.8, 4) is 0 Å². The molecule has 0 bridgehead atoms. The summed E-state index contributed by atoms with van der Waals surface area (Å²) in [6.45, 7) is 5.96. The van der Waals surface area contributed by atoms with Crippen molar-refractivity contribution in [1.29, 1.82) is 0 Å². The Morgan fingerprint density at radius 3 is 2.10 bits per heavy atom. The maximum absolute atomic E-state index is 4.08. The highest BCUT2D eigenvalue weighted by Crippen LogP contribution is 2.11. The Balaban J connectivity index is 0.000000371. The van der Waals surface area contributed by atoms with Gasteiger partial charge in [0.25, 0.3) is 0 Å². The van der Waals surface area contributed by atoms with Gasteiger partial charge in [-0.25, -0.2) is 0 Å². The standard InChI is InChI=1S/C5H7BrN2.C2H6/c1-4-5(6)3-8(2)7-4;1-2/h3H,1-2H3;1-2H3. The van der Waals surface area contributed by atoms with Crippen LogP contribution in [0.1, 0.15) is 19.5 Å². The Hall–Kier alpha value is -0.310. The maximum atomic E-state index is 4.08. The number of nitrogens with zero attached hydrogens (tertiary/aromatic N) is 2. The molecule has 0 saturated carbocycles. The van der Waals surface area contributed by atoms with E-state index in [0.717, 1.165) is 10.2 Å². The summed E-state index contributed by atoms with van der Waals surface area (Å²) in [6.07, 6.45) is 1.93. The highest BCUT2D eigenvalue weighted by atomic mass is 79.9. The molecule has 0 aliphatic rings.